The van der Waals surface area contributed by atoms with Crippen molar-refractivity contribution in [3.63, 3.8) is 0 Å². The molecule has 0 saturated carbocycles. The zero-order chi connectivity index (χ0) is 22.6. The van der Waals surface area contributed by atoms with Gasteiger partial charge in [-0.2, -0.15) is 0 Å². The number of carbonyl (C=O) groups excluding carboxylic acids is 2. The van der Waals surface area contributed by atoms with Gasteiger partial charge in [-0.05, 0) is 74.3 Å². The Labute approximate surface area is 181 Å². The number of nitrogens with two attached hydrogens (primary N) is 1. The summed E-state index contributed by atoms with van der Waals surface area (Å²) in [5.41, 5.74) is 7.44. The number of fused-ring (bicyclic) bond motifs is 1. The number of rotatable bonds is 4. The van der Waals surface area contributed by atoms with Crippen molar-refractivity contribution in [3.05, 3.63) is 95.3 Å². The molecule has 1 unspecified atom stereocenters. The molecule has 31 heavy (non-hydrogen) atoms. The predicted molar refractivity (Wildman–Crippen MR) is 118 cm³/mol. The van der Waals surface area contributed by atoms with Crippen LogP contribution in [0.3, 0.4) is 0 Å². The van der Waals surface area contributed by atoms with Gasteiger partial charge in [0.05, 0.1) is 18.2 Å². The van der Waals surface area contributed by atoms with Crippen molar-refractivity contribution >= 4 is 12.2 Å². The van der Waals surface area contributed by atoms with Gasteiger partial charge in [0.15, 0.2) is 0 Å². The van der Waals surface area contributed by atoms with Crippen LogP contribution in [-0.4, -0.2) is 40.7 Å². The lowest BCUT2D eigenvalue weighted by atomic mass is 10.0. The third kappa shape index (κ3) is 6.26. The standard InChI is InChI=1S/C18H17FN2O2.C5H5N.CH5N/c1-12-15(3-2-8-20-12)18(23)21(9-10-22)17-7-4-13-11-14(19)5-6-16(13)17;1-2-4-6-5-3-1;1-2/h2-3,5-6,8,10-11,17H,4,7,9H2,1H3;1-5H;2H2,1H3. The summed E-state index contributed by atoms with van der Waals surface area (Å²) in [6.45, 7) is 1.78. The summed E-state index contributed by atoms with van der Waals surface area (Å²) in [7, 11) is 1.50. The Balaban J connectivity index is 0.000000363. The van der Waals surface area contributed by atoms with Crippen LogP contribution in [0.2, 0.25) is 0 Å². The first-order chi connectivity index (χ1) is 15.1. The molecule has 2 heterocycles. The minimum Gasteiger partial charge on any atom is -0.333 e. The fraction of sp³-hybridized carbons (Fsp3) is 0.250. The van der Waals surface area contributed by atoms with E-state index in [1.807, 2.05) is 18.2 Å². The van der Waals surface area contributed by atoms with Crippen LogP contribution in [0.15, 0.2) is 67.1 Å². The summed E-state index contributed by atoms with van der Waals surface area (Å²) in [6, 6.07) is 13.5. The Hall–Kier alpha value is -3.45. The largest absolute Gasteiger partial charge is 0.333 e. The van der Waals surface area contributed by atoms with Gasteiger partial charge in [-0.15, -0.1) is 0 Å². The van der Waals surface area contributed by atoms with Crippen LogP contribution in [0.1, 0.15) is 39.6 Å². The number of aromatic nitrogens is 2. The molecule has 1 aliphatic carbocycles. The highest BCUT2D eigenvalue weighted by molar-refractivity contribution is 5.96. The van der Waals surface area contributed by atoms with Gasteiger partial charge in [0.2, 0.25) is 0 Å². The number of nitrogens with zero attached hydrogens (tertiary/aromatic N) is 3. The average molecular weight is 423 g/mol. The Kier molecular flexibility index (Phi) is 9.45. The molecule has 0 spiro atoms. The Bertz CT molecular complexity index is 956. The van der Waals surface area contributed by atoms with E-state index in [0.29, 0.717) is 24.1 Å². The number of carbonyl (C=O) groups is 2. The zero-order valence-corrected chi connectivity index (χ0v) is 17.7. The lowest BCUT2D eigenvalue weighted by Gasteiger charge is -2.28. The average Bonchev–Trinajstić information content (AvgIpc) is 3.23. The number of benzene rings is 1. The quantitative estimate of drug-likeness (QED) is 0.650. The summed E-state index contributed by atoms with van der Waals surface area (Å²) < 4.78 is 13.4. The monoisotopic (exact) mass is 422 g/mol. The molecule has 3 aromatic rings. The van der Waals surface area contributed by atoms with Crippen molar-refractivity contribution in [2.45, 2.75) is 25.8 Å². The van der Waals surface area contributed by atoms with E-state index in [-0.39, 0.29) is 24.3 Å². The molecule has 6 nitrogen and oxygen atoms in total. The van der Waals surface area contributed by atoms with E-state index in [1.165, 1.54) is 19.2 Å². The third-order valence-corrected chi connectivity index (χ3v) is 4.86. The molecule has 2 N–H and O–H groups in total. The first kappa shape index (κ1) is 23.8. The molecular weight excluding hydrogens is 395 g/mol. The second-order valence-electron chi connectivity index (χ2n) is 6.68. The Morgan fingerprint density at radius 1 is 1.16 bits per heavy atom. The number of aldehydes is 1. The molecule has 1 amide bonds. The van der Waals surface area contributed by atoms with Crippen molar-refractivity contribution in [1.29, 1.82) is 0 Å². The minimum atomic E-state index is -0.277. The number of aryl methyl sites for hydroxylation is 2. The van der Waals surface area contributed by atoms with Gasteiger partial charge in [0.25, 0.3) is 5.91 Å². The van der Waals surface area contributed by atoms with Gasteiger partial charge >= 0.3 is 0 Å². The molecule has 0 radical (unpaired) electrons. The molecule has 2 aromatic heterocycles. The molecule has 1 atom stereocenters. The molecule has 7 heteroatoms. The predicted octanol–water partition coefficient (Wildman–Crippen LogP) is 3.51. The van der Waals surface area contributed by atoms with Gasteiger partial charge < -0.3 is 15.4 Å². The van der Waals surface area contributed by atoms with E-state index in [4.69, 9.17) is 0 Å². The number of hydrogen-bond acceptors (Lipinski definition) is 5. The minimum absolute atomic E-state index is 0.00858. The highest BCUT2D eigenvalue weighted by Gasteiger charge is 2.32. The normalized spacial score (nSPS) is 13.6. The molecule has 1 aromatic carbocycles. The highest BCUT2D eigenvalue weighted by Crippen LogP contribution is 2.36. The molecule has 4 rings (SSSR count). The van der Waals surface area contributed by atoms with Crippen molar-refractivity contribution in [2.24, 2.45) is 5.73 Å². The highest BCUT2D eigenvalue weighted by atomic mass is 19.1. The van der Waals surface area contributed by atoms with Crippen molar-refractivity contribution in [2.75, 3.05) is 13.6 Å². The lowest BCUT2D eigenvalue weighted by molar-refractivity contribution is -0.108. The molecule has 162 valence electrons. The maximum absolute atomic E-state index is 13.4. The van der Waals surface area contributed by atoms with E-state index in [0.717, 1.165) is 17.4 Å². The Morgan fingerprint density at radius 3 is 2.48 bits per heavy atom. The molecule has 0 bridgehead atoms. The molecular formula is C24H27FN4O2. The first-order valence-corrected chi connectivity index (χ1v) is 9.99. The number of hydrogen-bond donors (Lipinski definition) is 1. The second kappa shape index (κ2) is 12.3. The summed E-state index contributed by atoms with van der Waals surface area (Å²) in [4.78, 5) is 33.4. The van der Waals surface area contributed by atoms with Crippen LogP contribution in [0.25, 0.3) is 0 Å². The zero-order valence-electron chi connectivity index (χ0n) is 17.7. The summed E-state index contributed by atoms with van der Waals surface area (Å²) >= 11 is 0. The van der Waals surface area contributed by atoms with Crippen molar-refractivity contribution in [1.82, 2.24) is 14.9 Å². The second-order valence-corrected chi connectivity index (χ2v) is 6.68. The third-order valence-electron chi connectivity index (χ3n) is 4.86. The van der Waals surface area contributed by atoms with E-state index in [9.17, 15) is 14.0 Å². The summed E-state index contributed by atoms with van der Waals surface area (Å²) in [5.74, 6) is -0.495. The molecule has 1 aliphatic rings. The topological polar surface area (TPSA) is 89.2 Å². The van der Waals surface area contributed by atoms with Gasteiger partial charge in [-0.3, -0.25) is 14.8 Å². The van der Waals surface area contributed by atoms with Crippen molar-refractivity contribution in [3.8, 4) is 0 Å². The number of pyridine rings is 2. The van der Waals surface area contributed by atoms with E-state index < -0.39 is 0 Å². The van der Waals surface area contributed by atoms with Crippen molar-refractivity contribution < 1.29 is 14.0 Å². The molecule has 0 saturated heterocycles. The van der Waals surface area contributed by atoms with Crippen LogP contribution in [-0.2, 0) is 11.2 Å². The fourth-order valence-corrected chi connectivity index (χ4v) is 3.50. The lowest BCUT2D eigenvalue weighted by Crippen LogP contribution is -2.36. The number of amides is 1. The van der Waals surface area contributed by atoms with E-state index >= 15 is 0 Å². The molecule has 0 fully saturated rings. The van der Waals surface area contributed by atoms with Crippen LogP contribution >= 0.6 is 0 Å². The summed E-state index contributed by atoms with van der Waals surface area (Å²) in [6.07, 6.45) is 7.25. The van der Waals surface area contributed by atoms with E-state index in [2.05, 4.69) is 15.7 Å². The SMILES string of the molecule is CN.Cc1ncccc1C(=O)N(CC=O)C1CCc2cc(F)ccc21.c1ccncc1. The van der Waals surface area contributed by atoms with Crippen LogP contribution in [0.5, 0.6) is 0 Å². The van der Waals surface area contributed by atoms with Gasteiger partial charge in [-0.1, -0.05) is 12.1 Å². The first-order valence-electron chi connectivity index (χ1n) is 9.99. The van der Waals surface area contributed by atoms with Gasteiger partial charge in [0.1, 0.15) is 12.1 Å². The Morgan fingerprint density at radius 2 is 1.90 bits per heavy atom. The molecule has 0 aliphatic heterocycles. The van der Waals surface area contributed by atoms with E-state index in [1.54, 1.807) is 48.6 Å². The van der Waals surface area contributed by atoms with Gasteiger partial charge in [-0.25, -0.2) is 4.39 Å². The number of halogens is 1. The van der Waals surface area contributed by atoms with Crippen LogP contribution < -0.4 is 5.73 Å². The fourth-order valence-electron chi connectivity index (χ4n) is 3.50. The van der Waals surface area contributed by atoms with Crippen LogP contribution in [0.4, 0.5) is 4.39 Å². The van der Waals surface area contributed by atoms with Gasteiger partial charge in [0, 0.05) is 24.3 Å². The van der Waals surface area contributed by atoms with Crippen LogP contribution in [0, 0.1) is 12.7 Å². The summed E-state index contributed by atoms with van der Waals surface area (Å²) in [5, 5.41) is 0. The maximum atomic E-state index is 13.4. The maximum Gasteiger partial charge on any atom is 0.256 e. The smallest absolute Gasteiger partial charge is 0.256 e.